The van der Waals surface area contributed by atoms with Gasteiger partial charge in [0.05, 0.1) is 42.6 Å². The number of nitro groups is 1. The van der Waals surface area contributed by atoms with E-state index < -0.39 is 28.4 Å². The lowest BCUT2D eigenvalue weighted by Gasteiger charge is -2.28. The van der Waals surface area contributed by atoms with Crippen LogP contribution >= 0.6 is 0 Å². The molecule has 0 radical (unpaired) electrons. The van der Waals surface area contributed by atoms with Gasteiger partial charge in [-0.2, -0.15) is 0 Å². The predicted molar refractivity (Wildman–Crippen MR) is 146 cm³/mol. The van der Waals surface area contributed by atoms with Crippen molar-refractivity contribution in [3.8, 4) is 5.75 Å². The van der Waals surface area contributed by atoms with Crippen molar-refractivity contribution in [1.82, 2.24) is 5.32 Å². The Morgan fingerprint density at radius 3 is 2.23 bits per heavy atom. The van der Waals surface area contributed by atoms with Crippen LogP contribution in [-0.2, 0) is 23.7 Å². The SMILES string of the molecule is CC(C)(CCNC(=O)c1cccc(C2OCCO2)c1)OCCOC(C)(C)CCC(=O)Oc1ccc([N+](=O)[O-])cc1. The first kappa shape index (κ1) is 31.2. The highest BCUT2D eigenvalue weighted by Gasteiger charge is 2.23. The fraction of sp³-hybridized carbons (Fsp3) is 0.517. The maximum atomic E-state index is 12.6. The third-order valence-electron chi connectivity index (χ3n) is 6.33. The molecule has 1 amide bonds. The molecule has 2 aromatic rings. The molecule has 1 saturated heterocycles. The lowest BCUT2D eigenvalue weighted by atomic mass is 10.0. The molecule has 1 aliphatic rings. The van der Waals surface area contributed by atoms with Crippen molar-refractivity contribution in [2.75, 3.05) is 33.0 Å². The van der Waals surface area contributed by atoms with Crippen molar-refractivity contribution in [2.24, 2.45) is 0 Å². The number of ether oxygens (including phenoxy) is 5. The first-order valence-electron chi connectivity index (χ1n) is 13.3. The monoisotopic (exact) mass is 558 g/mol. The average molecular weight is 559 g/mol. The van der Waals surface area contributed by atoms with E-state index in [1.807, 2.05) is 39.8 Å². The molecule has 0 saturated carbocycles. The number of amides is 1. The van der Waals surface area contributed by atoms with Crippen LogP contribution in [0.5, 0.6) is 5.75 Å². The van der Waals surface area contributed by atoms with E-state index in [1.165, 1.54) is 24.3 Å². The number of carbonyl (C=O) groups excluding carboxylic acids is 2. The molecule has 218 valence electrons. The van der Waals surface area contributed by atoms with Crippen molar-refractivity contribution < 1.29 is 38.2 Å². The number of carbonyl (C=O) groups is 2. The molecule has 1 fully saturated rings. The summed E-state index contributed by atoms with van der Waals surface area (Å²) in [6.07, 6.45) is 0.725. The van der Waals surface area contributed by atoms with Gasteiger partial charge in [-0.05, 0) is 64.8 Å². The molecule has 11 nitrogen and oxygen atoms in total. The van der Waals surface area contributed by atoms with Crippen molar-refractivity contribution in [1.29, 1.82) is 0 Å². The molecular weight excluding hydrogens is 520 g/mol. The molecule has 0 bridgehead atoms. The Hall–Kier alpha value is -3.38. The van der Waals surface area contributed by atoms with Gasteiger partial charge in [0.15, 0.2) is 6.29 Å². The topological polar surface area (TPSA) is 135 Å². The summed E-state index contributed by atoms with van der Waals surface area (Å²) in [5.41, 5.74) is 0.221. The summed E-state index contributed by atoms with van der Waals surface area (Å²) in [6, 6.07) is 12.6. The second kappa shape index (κ2) is 14.3. The summed E-state index contributed by atoms with van der Waals surface area (Å²) in [6.45, 7) is 9.87. The maximum absolute atomic E-state index is 12.6. The number of nitrogens with one attached hydrogen (secondary N) is 1. The fourth-order valence-electron chi connectivity index (χ4n) is 3.96. The Labute approximate surface area is 234 Å². The average Bonchev–Trinajstić information content (AvgIpc) is 3.46. The number of non-ortho nitro benzene ring substituents is 1. The van der Waals surface area contributed by atoms with E-state index >= 15 is 0 Å². The molecule has 0 atom stereocenters. The standard InChI is InChI=1S/C29H38N2O9/c1-28(2,13-12-25(32)40-24-10-8-23(9-11-24)31(34)35)38-18-19-39-29(3,4)14-15-30-26(33)21-6-5-7-22(20-21)27-36-16-17-37-27/h5-11,20,27H,12-19H2,1-4H3,(H,30,33). The lowest BCUT2D eigenvalue weighted by Crippen LogP contribution is -2.34. The molecule has 0 unspecified atom stereocenters. The number of benzene rings is 2. The molecule has 0 spiro atoms. The van der Waals surface area contributed by atoms with Crippen LogP contribution in [-0.4, -0.2) is 61.0 Å². The van der Waals surface area contributed by atoms with Crippen molar-refractivity contribution in [2.45, 2.75) is 64.4 Å². The smallest absolute Gasteiger partial charge is 0.311 e. The van der Waals surface area contributed by atoms with Crippen LogP contribution in [0.3, 0.4) is 0 Å². The van der Waals surface area contributed by atoms with Crippen LogP contribution in [0, 0.1) is 10.1 Å². The van der Waals surface area contributed by atoms with Crippen molar-refractivity contribution >= 4 is 17.6 Å². The highest BCUT2D eigenvalue weighted by Crippen LogP contribution is 2.24. The predicted octanol–water partition coefficient (Wildman–Crippen LogP) is 4.74. The minimum Gasteiger partial charge on any atom is -0.427 e. The van der Waals surface area contributed by atoms with Gasteiger partial charge in [0.2, 0.25) is 0 Å². The largest absolute Gasteiger partial charge is 0.427 e. The quantitative estimate of drug-likeness (QED) is 0.108. The van der Waals surface area contributed by atoms with Crippen LogP contribution in [0.1, 0.15) is 69.2 Å². The third-order valence-corrected chi connectivity index (χ3v) is 6.33. The van der Waals surface area contributed by atoms with Crippen LogP contribution in [0.25, 0.3) is 0 Å². The normalized spacial score (nSPS) is 14.2. The van der Waals surface area contributed by atoms with Crippen LogP contribution in [0.15, 0.2) is 48.5 Å². The minimum absolute atomic E-state index is 0.0728. The molecule has 2 aromatic carbocycles. The third kappa shape index (κ3) is 10.3. The number of esters is 1. The second-order valence-electron chi connectivity index (χ2n) is 10.6. The molecule has 1 N–H and O–H groups in total. The lowest BCUT2D eigenvalue weighted by molar-refractivity contribution is -0.384. The van der Waals surface area contributed by atoms with Crippen LogP contribution in [0.4, 0.5) is 5.69 Å². The molecule has 0 aliphatic carbocycles. The van der Waals surface area contributed by atoms with E-state index in [2.05, 4.69) is 5.32 Å². The van der Waals surface area contributed by atoms with Gasteiger partial charge >= 0.3 is 5.97 Å². The van der Waals surface area contributed by atoms with Crippen molar-refractivity contribution in [3.05, 3.63) is 69.8 Å². The zero-order chi connectivity index (χ0) is 29.2. The first-order chi connectivity index (χ1) is 18.9. The van der Waals surface area contributed by atoms with Gasteiger partial charge in [-0.15, -0.1) is 0 Å². The molecular formula is C29H38N2O9. The first-order valence-corrected chi connectivity index (χ1v) is 13.3. The Balaban J connectivity index is 1.31. The Morgan fingerprint density at radius 2 is 1.60 bits per heavy atom. The molecule has 1 heterocycles. The Morgan fingerprint density at radius 1 is 0.975 bits per heavy atom. The van der Waals surface area contributed by atoms with Gasteiger partial charge in [0.1, 0.15) is 5.75 Å². The Bertz CT molecular complexity index is 1140. The van der Waals surface area contributed by atoms with Gasteiger partial charge in [0, 0.05) is 36.2 Å². The molecule has 40 heavy (non-hydrogen) atoms. The number of hydrogen-bond donors (Lipinski definition) is 1. The summed E-state index contributed by atoms with van der Waals surface area (Å²) in [7, 11) is 0. The fourth-order valence-corrected chi connectivity index (χ4v) is 3.96. The van der Waals surface area contributed by atoms with Gasteiger partial charge in [-0.25, -0.2) is 0 Å². The number of nitrogens with zero attached hydrogens (tertiary/aromatic N) is 1. The zero-order valence-electron chi connectivity index (χ0n) is 23.5. The number of hydrogen-bond acceptors (Lipinski definition) is 9. The summed E-state index contributed by atoms with van der Waals surface area (Å²) in [5.74, 6) is -0.368. The second-order valence-corrected chi connectivity index (χ2v) is 10.6. The van der Waals surface area contributed by atoms with Crippen LogP contribution < -0.4 is 10.1 Å². The molecule has 11 heteroatoms. The van der Waals surface area contributed by atoms with E-state index in [0.717, 1.165) is 5.56 Å². The van der Waals surface area contributed by atoms with Crippen LogP contribution in [0.2, 0.25) is 0 Å². The Kier molecular flexibility index (Phi) is 11.1. The van der Waals surface area contributed by atoms with Crippen molar-refractivity contribution in [3.63, 3.8) is 0 Å². The van der Waals surface area contributed by atoms with E-state index in [4.69, 9.17) is 23.7 Å². The maximum Gasteiger partial charge on any atom is 0.311 e. The zero-order valence-corrected chi connectivity index (χ0v) is 23.5. The van der Waals surface area contributed by atoms with E-state index in [9.17, 15) is 19.7 Å². The van der Waals surface area contributed by atoms with E-state index in [0.29, 0.717) is 51.4 Å². The number of nitro benzene ring substituents is 1. The van der Waals surface area contributed by atoms with E-state index in [1.54, 1.807) is 12.1 Å². The minimum atomic E-state index is -0.584. The summed E-state index contributed by atoms with van der Waals surface area (Å²) < 4.78 is 28.2. The van der Waals surface area contributed by atoms with E-state index in [-0.39, 0.29) is 23.8 Å². The van der Waals surface area contributed by atoms with Gasteiger partial charge < -0.3 is 29.0 Å². The van der Waals surface area contributed by atoms with Gasteiger partial charge in [-0.1, -0.05) is 12.1 Å². The van der Waals surface area contributed by atoms with Gasteiger partial charge in [0.25, 0.3) is 11.6 Å². The highest BCUT2D eigenvalue weighted by atomic mass is 16.7. The molecule has 0 aromatic heterocycles. The summed E-state index contributed by atoms with van der Waals surface area (Å²) in [4.78, 5) is 35.0. The highest BCUT2D eigenvalue weighted by molar-refractivity contribution is 5.94. The van der Waals surface area contributed by atoms with Gasteiger partial charge in [-0.3, -0.25) is 19.7 Å². The summed E-state index contributed by atoms with van der Waals surface area (Å²) in [5, 5.41) is 13.7. The molecule has 1 aliphatic heterocycles. The summed E-state index contributed by atoms with van der Waals surface area (Å²) >= 11 is 0. The number of rotatable bonds is 15. The molecule has 3 rings (SSSR count).